The molecule has 2 fully saturated rings. The van der Waals surface area contributed by atoms with E-state index in [4.69, 9.17) is 10.5 Å². The summed E-state index contributed by atoms with van der Waals surface area (Å²) in [6.45, 7) is 2.30. The van der Waals surface area contributed by atoms with Crippen LogP contribution < -0.4 is 15.4 Å². The number of hydrogen-bond donors (Lipinski definition) is 1. The maximum absolute atomic E-state index is 5.93. The third-order valence-electron chi connectivity index (χ3n) is 6.15. The van der Waals surface area contributed by atoms with Crippen LogP contribution in [-0.4, -0.2) is 45.2 Å². The minimum Gasteiger partial charge on any atom is -0.495 e. The van der Waals surface area contributed by atoms with Crippen LogP contribution in [-0.2, 0) is 0 Å². The largest absolute Gasteiger partial charge is 0.495 e. The Morgan fingerprint density at radius 2 is 1.78 bits per heavy atom. The van der Waals surface area contributed by atoms with Crippen LogP contribution in [0.3, 0.4) is 0 Å². The number of piperidine rings is 1. The lowest BCUT2D eigenvalue weighted by molar-refractivity contribution is 0.0924. The molecule has 2 N–H and O–H groups in total. The molecule has 1 aliphatic carbocycles. The highest BCUT2D eigenvalue weighted by Crippen LogP contribution is 2.46. The molecule has 0 aromatic heterocycles. The predicted molar refractivity (Wildman–Crippen MR) is 97.2 cm³/mol. The molecule has 2 aliphatic rings. The van der Waals surface area contributed by atoms with E-state index in [1.807, 2.05) is 6.07 Å². The molecule has 0 unspecified atom stereocenters. The van der Waals surface area contributed by atoms with E-state index in [0.717, 1.165) is 24.9 Å². The number of nitrogen functional groups attached to an aromatic ring is 1. The third kappa shape index (κ3) is 3.42. The van der Waals surface area contributed by atoms with Gasteiger partial charge in [-0.15, -0.1) is 0 Å². The molecule has 0 amide bonds. The number of ether oxygens (including phenoxy) is 1. The first kappa shape index (κ1) is 16.4. The molecule has 1 saturated carbocycles. The van der Waals surface area contributed by atoms with Gasteiger partial charge in [0.2, 0.25) is 0 Å². The van der Waals surface area contributed by atoms with Gasteiger partial charge in [0.05, 0.1) is 12.8 Å². The maximum Gasteiger partial charge on any atom is 0.143 e. The fourth-order valence-corrected chi connectivity index (χ4v) is 4.37. The minimum absolute atomic E-state index is 0.598. The molecule has 4 heteroatoms. The van der Waals surface area contributed by atoms with Crippen LogP contribution in [0, 0.1) is 5.41 Å². The lowest BCUT2D eigenvalue weighted by Crippen LogP contribution is -2.44. The Hall–Kier alpha value is -1.42. The van der Waals surface area contributed by atoms with Crippen LogP contribution >= 0.6 is 0 Å². The molecule has 128 valence electrons. The normalized spacial score (nSPS) is 21.8. The molecular formula is C19H31N3O. The lowest BCUT2D eigenvalue weighted by Gasteiger charge is -2.47. The SMILES string of the molecule is COc1cc(N2CCC3(CCC(N(C)C)CC3)CC2)ccc1N. The van der Waals surface area contributed by atoms with E-state index in [2.05, 4.69) is 36.0 Å². The molecule has 3 rings (SSSR count). The van der Waals surface area contributed by atoms with Crippen LogP contribution in [0.5, 0.6) is 5.75 Å². The molecular weight excluding hydrogens is 286 g/mol. The molecule has 1 aliphatic heterocycles. The number of nitrogens with two attached hydrogens (primary N) is 1. The molecule has 0 bridgehead atoms. The summed E-state index contributed by atoms with van der Waals surface area (Å²) >= 11 is 0. The van der Waals surface area contributed by atoms with Crippen molar-refractivity contribution >= 4 is 11.4 Å². The van der Waals surface area contributed by atoms with Gasteiger partial charge in [-0.25, -0.2) is 0 Å². The van der Waals surface area contributed by atoms with Gasteiger partial charge in [-0.2, -0.15) is 0 Å². The van der Waals surface area contributed by atoms with Crippen molar-refractivity contribution in [3.8, 4) is 5.75 Å². The number of rotatable bonds is 3. The van der Waals surface area contributed by atoms with Crippen molar-refractivity contribution in [3.05, 3.63) is 18.2 Å². The molecule has 1 saturated heterocycles. The van der Waals surface area contributed by atoms with Crippen molar-refractivity contribution in [1.29, 1.82) is 0 Å². The van der Waals surface area contributed by atoms with E-state index < -0.39 is 0 Å². The van der Waals surface area contributed by atoms with Gasteiger partial charge in [-0.05, 0) is 70.2 Å². The predicted octanol–water partition coefficient (Wildman–Crippen LogP) is 3.37. The van der Waals surface area contributed by atoms with E-state index in [-0.39, 0.29) is 0 Å². The summed E-state index contributed by atoms with van der Waals surface area (Å²) in [4.78, 5) is 4.90. The fourth-order valence-electron chi connectivity index (χ4n) is 4.37. The second-order valence-corrected chi connectivity index (χ2v) is 7.61. The average molecular weight is 317 g/mol. The van der Waals surface area contributed by atoms with Gasteiger partial charge >= 0.3 is 0 Å². The molecule has 0 radical (unpaired) electrons. The lowest BCUT2D eigenvalue weighted by atomic mass is 9.67. The molecule has 23 heavy (non-hydrogen) atoms. The number of nitrogens with zero attached hydrogens (tertiary/aromatic N) is 2. The monoisotopic (exact) mass is 317 g/mol. The van der Waals surface area contributed by atoms with Crippen LogP contribution in [0.2, 0.25) is 0 Å². The Morgan fingerprint density at radius 3 is 2.35 bits per heavy atom. The zero-order valence-electron chi connectivity index (χ0n) is 14.8. The van der Waals surface area contributed by atoms with Gasteiger partial charge in [0.25, 0.3) is 0 Å². The molecule has 1 heterocycles. The highest BCUT2D eigenvalue weighted by Gasteiger charge is 2.38. The summed E-state index contributed by atoms with van der Waals surface area (Å²) < 4.78 is 5.36. The Morgan fingerprint density at radius 1 is 1.13 bits per heavy atom. The first-order valence-electron chi connectivity index (χ1n) is 8.88. The Kier molecular flexibility index (Phi) is 4.72. The number of methoxy groups -OCH3 is 1. The molecule has 1 spiro atoms. The third-order valence-corrected chi connectivity index (χ3v) is 6.15. The Labute approximate surface area is 140 Å². The van der Waals surface area contributed by atoms with Crippen molar-refractivity contribution < 1.29 is 4.74 Å². The summed E-state index contributed by atoms with van der Waals surface area (Å²) in [6, 6.07) is 6.95. The highest BCUT2D eigenvalue weighted by atomic mass is 16.5. The zero-order valence-corrected chi connectivity index (χ0v) is 14.8. The van der Waals surface area contributed by atoms with Crippen molar-refractivity contribution in [1.82, 2.24) is 4.90 Å². The average Bonchev–Trinajstić information content (AvgIpc) is 2.57. The number of hydrogen-bond acceptors (Lipinski definition) is 4. The van der Waals surface area contributed by atoms with Crippen LogP contribution in [0.15, 0.2) is 18.2 Å². The van der Waals surface area contributed by atoms with Gasteiger partial charge in [-0.3, -0.25) is 0 Å². The van der Waals surface area contributed by atoms with Crippen molar-refractivity contribution in [2.24, 2.45) is 5.41 Å². The fraction of sp³-hybridized carbons (Fsp3) is 0.684. The van der Waals surface area contributed by atoms with Crippen molar-refractivity contribution in [2.45, 2.75) is 44.6 Å². The maximum atomic E-state index is 5.93. The van der Waals surface area contributed by atoms with Crippen LogP contribution in [0.4, 0.5) is 11.4 Å². The summed E-state index contributed by atoms with van der Waals surface area (Å²) in [5.74, 6) is 0.786. The Balaban J connectivity index is 1.61. The number of anilines is 2. The second-order valence-electron chi connectivity index (χ2n) is 7.61. The molecule has 1 aromatic rings. The molecule has 1 aromatic carbocycles. The second kappa shape index (κ2) is 6.60. The van der Waals surface area contributed by atoms with E-state index in [1.54, 1.807) is 7.11 Å². The van der Waals surface area contributed by atoms with Gasteiger partial charge in [-0.1, -0.05) is 0 Å². The Bertz CT molecular complexity index is 525. The van der Waals surface area contributed by atoms with E-state index >= 15 is 0 Å². The van der Waals surface area contributed by atoms with Crippen LogP contribution in [0.1, 0.15) is 38.5 Å². The molecule has 0 atom stereocenters. The topological polar surface area (TPSA) is 41.7 Å². The summed E-state index contributed by atoms with van der Waals surface area (Å²) in [5, 5.41) is 0. The van der Waals surface area contributed by atoms with E-state index in [9.17, 15) is 0 Å². The summed E-state index contributed by atoms with van der Waals surface area (Å²) in [6.07, 6.45) is 8.16. The first-order valence-corrected chi connectivity index (χ1v) is 8.88. The molecule has 4 nitrogen and oxygen atoms in total. The quantitative estimate of drug-likeness (QED) is 0.868. The minimum atomic E-state index is 0.598. The van der Waals surface area contributed by atoms with Crippen molar-refractivity contribution in [2.75, 3.05) is 44.9 Å². The van der Waals surface area contributed by atoms with Gasteiger partial charge in [0.1, 0.15) is 5.75 Å². The van der Waals surface area contributed by atoms with Gasteiger partial charge < -0.3 is 20.3 Å². The first-order chi connectivity index (χ1) is 11.0. The van der Waals surface area contributed by atoms with Crippen molar-refractivity contribution in [3.63, 3.8) is 0 Å². The standard InChI is InChI=1S/C19H31N3O/c1-21(2)15-6-8-19(9-7-15)10-12-22(13-11-19)16-4-5-17(20)18(14-16)23-3/h4-5,14-15H,6-13,20H2,1-3H3. The van der Waals surface area contributed by atoms with E-state index in [0.29, 0.717) is 11.1 Å². The van der Waals surface area contributed by atoms with E-state index in [1.165, 1.54) is 44.2 Å². The van der Waals surface area contributed by atoms with Crippen LogP contribution in [0.25, 0.3) is 0 Å². The summed E-state index contributed by atoms with van der Waals surface area (Å²) in [5.41, 5.74) is 8.49. The summed E-state index contributed by atoms with van der Waals surface area (Å²) in [7, 11) is 6.13. The zero-order chi connectivity index (χ0) is 16.4. The van der Waals surface area contributed by atoms with Gasteiger partial charge in [0.15, 0.2) is 0 Å². The van der Waals surface area contributed by atoms with Gasteiger partial charge in [0, 0.05) is 30.9 Å². The number of benzene rings is 1. The highest BCUT2D eigenvalue weighted by molar-refractivity contribution is 5.62. The smallest absolute Gasteiger partial charge is 0.143 e.